The van der Waals surface area contributed by atoms with Gasteiger partial charge >= 0.3 is 13.8 Å². The van der Waals surface area contributed by atoms with Crippen molar-refractivity contribution in [3.8, 4) is 0 Å². The number of esters is 1. The van der Waals surface area contributed by atoms with E-state index in [1.165, 1.54) is 193 Å². The Morgan fingerprint density at radius 1 is 0.493 bits per heavy atom. The van der Waals surface area contributed by atoms with Crippen LogP contribution in [-0.2, 0) is 27.9 Å². The van der Waals surface area contributed by atoms with Gasteiger partial charge in [-0.15, -0.1) is 0 Å². The molecule has 10 heteroatoms. The van der Waals surface area contributed by atoms with Crippen LogP contribution in [0.25, 0.3) is 0 Å². The highest BCUT2D eigenvalue weighted by Gasteiger charge is 2.30. The van der Waals surface area contributed by atoms with Gasteiger partial charge < -0.3 is 19.4 Å². The van der Waals surface area contributed by atoms with E-state index in [4.69, 9.17) is 13.8 Å². The van der Waals surface area contributed by atoms with Gasteiger partial charge in [0.1, 0.15) is 19.3 Å². The van der Waals surface area contributed by atoms with Crippen molar-refractivity contribution in [1.29, 1.82) is 0 Å². The molecule has 0 aromatic rings. The van der Waals surface area contributed by atoms with Gasteiger partial charge in [0.15, 0.2) is 0 Å². The number of likely N-dealkylation sites (N-methyl/N-ethyl adjacent to an activating group) is 1. The number of nitrogens with one attached hydrogen (secondary N) is 1. The highest BCUT2D eigenvalue weighted by atomic mass is 31.2. The fourth-order valence-electron chi connectivity index (χ4n) is 8.85. The van der Waals surface area contributed by atoms with Crippen molar-refractivity contribution in [2.75, 3.05) is 40.9 Å². The normalized spacial score (nSPS) is 14.0. The van der Waals surface area contributed by atoms with Crippen LogP contribution in [0.2, 0.25) is 0 Å². The summed E-state index contributed by atoms with van der Waals surface area (Å²) in [7, 11) is 1.50. The molecule has 0 radical (unpaired) electrons. The van der Waals surface area contributed by atoms with Gasteiger partial charge in [0.05, 0.1) is 33.8 Å². The molecule has 3 atom stereocenters. The highest BCUT2D eigenvalue weighted by molar-refractivity contribution is 7.47. The van der Waals surface area contributed by atoms with Crippen LogP contribution in [0.15, 0.2) is 36.5 Å². The van der Waals surface area contributed by atoms with Crippen molar-refractivity contribution < 1.29 is 37.3 Å². The number of hydrogen-bond donors (Lipinski definition) is 2. The summed E-state index contributed by atoms with van der Waals surface area (Å²) in [6.45, 7) is 7.01. The second-order valence-corrected chi connectivity index (χ2v) is 23.3. The van der Waals surface area contributed by atoms with Crippen LogP contribution in [0, 0.1) is 0 Å². The van der Waals surface area contributed by atoms with Crippen LogP contribution >= 0.6 is 7.82 Å². The van der Waals surface area contributed by atoms with E-state index in [0.29, 0.717) is 23.9 Å². The molecule has 0 rings (SSSR count). The maximum absolute atomic E-state index is 13.5. The van der Waals surface area contributed by atoms with Crippen molar-refractivity contribution in [2.24, 2.45) is 0 Å². The molecule has 2 N–H and O–H groups in total. The lowest BCUT2D eigenvalue weighted by molar-refractivity contribution is -0.870. The number of ether oxygens (including phenoxy) is 1. The largest absolute Gasteiger partial charge is 0.472 e. The molecule has 9 nitrogen and oxygen atoms in total. The number of allylic oxidation sites excluding steroid dienone is 5. The SMILES string of the molecule is CCCCC/C=C\C/C=C\CCCCCCCCCCCC(=O)NC(COP(=O)(O)OCC[N+](C)(C)C)C(/C=C\CCCCCCCCCCCCC)OC(=O)CCCCCCCCCCCCCCC. The zero-order valence-corrected chi connectivity index (χ0v) is 48.6. The number of quaternary nitrogens is 1. The smallest absolute Gasteiger partial charge is 0.456 e. The third kappa shape index (κ3) is 52.9. The van der Waals surface area contributed by atoms with Gasteiger partial charge in [-0.3, -0.25) is 18.6 Å². The average Bonchev–Trinajstić information content (AvgIpc) is 3.33. The van der Waals surface area contributed by atoms with E-state index in [-0.39, 0.29) is 25.1 Å². The lowest BCUT2D eigenvalue weighted by Crippen LogP contribution is -2.47. The van der Waals surface area contributed by atoms with E-state index < -0.39 is 20.0 Å². The minimum absolute atomic E-state index is 0.0415. The summed E-state index contributed by atoms with van der Waals surface area (Å²) in [5, 5.41) is 3.06. The maximum Gasteiger partial charge on any atom is 0.472 e. The van der Waals surface area contributed by atoms with Crippen molar-refractivity contribution in [2.45, 2.75) is 303 Å². The third-order valence-corrected chi connectivity index (χ3v) is 14.6. The van der Waals surface area contributed by atoms with E-state index >= 15 is 0 Å². The number of carbonyl (C=O) groups excluding carboxylic acids is 2. The second kappa shape index (κ2) is 51.7. The molecule has 71 heavy (non-hydrogen) atoms. The van der Waals surface area contributed by atoms with Gasteiger partial charge in [-0.1, -0.05) is 250 Å². The minimum atomic E-state index is -4.44. The van der Waals surface area contributed by atoms with E-state index in [1.807, 2.05) is 33.3 Å². The number of phosphoric ester groups is 1. The highest BCUT2D eigenvalue weighted by Crippen LogP contribution is 2.43. The van der Waals surface area contributed by atoms with Gasteiger partial charge in [0, 0.05) is 12.8 Å². The Morgan fingerprint density at radius 3 is 1.30 bits per heavy atom. The number of carbonyl (C=O) groups is 2. The molecule has 0 spiro atoms. The predicted octanol–water partition coefficient (Wildman–Crippen LogP) is 18.3. The van der Waals surface area contributed by atoms with E-state index in [0.717, 1.165) is 64.2 Å². The standard InChI is InChI=1S/C61H117N2O7P/c1-7-10-13-16-19-22-25-28-29-30-31-32-33-36-38-41-44-47-50-53-60(64)62-58(57-69-71(66,67)68-56-55-63(4,5)6)59(52-49-46-43-40-37-34-26-23-20-17-14-11-8-2)70-61(65)54-51-48-45-42-39-35-27-24-21-18-15-12-9-3/h19,22,28-29,49,52,58-59H,7-18,20-21,23-27,30-48,50-51,53-57H2,1-6H3,(H-,62,64,66,67)/p+1/b22-19-,29-28-,52-49-. The molecular formula is C61H118N2O7P+. The molecule has 3 unspecified atom stereocenters. The van der Waals surface area contributed by atoms with Crippen LogP contribution in [-0.4, -0.2) is 74.3 Å². The Bertz CT molecular complexity index is 1310. The van der Waals surface area contributed by atoms with Crippen molar-refractivity contribution in [3.05, 3.63) is 36.5 Å². The van der Waals surface area contributed by atoms with E-state index in [9.17, 15) is 19.0 Å². The number of unbranched alkanes of at least 4 members (excludes halogenated alkanes) is 35. The first-order chi connectivity index (χ1) is 34.4. The molecule has 1 amide bonds. The van der Waals surface area contributed by atoms with Gasteiger partial charge in [-0.2, -0.15) is 0 Å². The summed E-state index contributed by atoms with van der Waals surface area (Å²) in [4.78, 5) is 37.6. The number of phosphoric acid groups is 1. The monoisotopic (exact) mass is 1020 g/mol. The second-order valence-electron chi connectivity index (χ2n) is 21.9. The molecule has 0 heterocycles. The first-order valence-corrected chi connectivity index (χ1v) is 31.8. The van der Waals surface area contributed by atoms with Crippen LogP contribution < -0.4 is 5.32 Å². The lowest BCUT2D eigenvalue weighted by Gasteiger charge is -2.27. The molecule has 0 aliphatic carbocycles. The van der Waals surface area contributed by atoms with Crippen LogP contribution in [0.3, 0.4) is 0 Å². The first-order valence-electron chi connectivity index (χ1n) is 30.3. The van der Waals surface area contributed by atoms with Gasteiger partial charge in [-0.25, -0.2) is 4.57 Å². The summed E-state index contributed by atoms with van der Waals surface area (Å²) >= 11 is 0. The molecule has 0 aromatic heterocycles. The Labute approximate surface area is 440 Å². The van der Waals surface area contributed by atoms with Crippen LogP contribution in [0.5, 0.6) is 0 Å². The Balaban J connectivity index is 5.28. The molecule has 0 aromatic carbocycles. The quantitative estimate of drug-likeness (QED) is 0.0205. The fraction of sp³-hybridized carbons (Fsp3) is 0.869. The van der Waals surface area contributed by atoms with Crippen LogP contribution in [0.4, 0.5) is 0 Å². The number of amides is 1. The van der Waals surface area contributed by atoms with Gasteiger partial charge in [0.25, 0.3) is 0 Å². The fourth-order valence-corrected chi connectivity index (χ4v) is 9.59. The van der Waals surface area contributed by atoms with Gasteiger partial charge in [0.2, 0.25) is 5.91 Å². The molecule has 0 aliphatic heterocycles. The summed E-state index contributed by atoms with van der Waals surface area (Å²) < 4.78 is 30.7. The van der Waals surface area contributed by atoms with Crippen molar-refractivity contribution in [1.82, 2.24) is 5.32 Å². The molecule has 0 aliphatic rings. The third-order valence-electron chi connectivity index (χ3n) is 13.6. The molecular weight excluding hydrogens is 904 g/mol. The maximum atomic E-state index is 13.5. The predicted molar refractivity (Wildman–Crippen MR) is 305 cm³/mol. The van der Waals surface area contributed by atoms with Gasteiger partial charge in [-0.05, 0) is 63.9 Å². The summed E-state index contributed by atoms with van der Waals surface area (Å²) in [5.41, 5.74) is 0. The van der Waals surface area contributed by atoms with Crippen molar-refractivity contribution >= 4 is 19.7 Å². The van der Waals surface area contributed by atoms with E-state index in [1.54, 1.807) is 0 Å². The molecule has 0 saturated heterocycles. The summed E-state index contributed by atoms with van der Waals surface area (Å²) in [5.74, 6) is -0.498. The summed E-state index contributed by atoms with van der Waals surface area (Å²) in [6, 6.07) is -0.846. The zero-order valence-electron chi connectivity index (χ0n) is 47.7. The average molecular weight is 1020 g/mol. The Kier molecular flexibility index (Phi) is 50.4. The molecule has 418 valence electrons. The number of rotatable bonds is 55. The van der Waals surface area contributed by atoms with E-state index in [2.05, 4.69) is 50.4 Å². The Hall–Kier alpha value is -1.77. The molecule has 0 fully saturated rings. The topological polar surface area (TPSA) is 111 Å². The Morgan fingerprint density at radius 2 is 0.859 bits per heavy atom. The zero-order chi connectivity index (χ0) is 52.2. The van der Waals surface area contributed by atoms with Crippen molar-refractivity contribution in [3.63, 3.8) is 0 Å². The van der Waals surface area contributed by atoms with Crippen LogP contribution in [0.1, 0.15) is 290 Å². The number of nitrogens with zero attached hydrogens (tertiary/aromatic N) is 1. The minimum Gasteiger partial charge on any atom is -0.456 e. The first kappa shape index (κ1) is 69.2. The lowest BCUT2D eigenvalue weighted by atomic mass is 10.0. The molecule has 0 saturated carbocycles. The summed E-state index contributed by atoms with van der Waals surface area (Å²) in [6.07, 6.45) is 61.3. The number of hydrogen-bond acceptors (Lipinski definition) is 6. The molecule has 0 bridgehead atoms.